The monoisotopic (exact) mass is 276 g/mol. The lowest BCUT2D eigenvalue weighted by molar-refractivity contribution is 0.0205. The minimum Gasteiger partial charge on any atom is -0.444 e. The molecule has 20 heavy (non-hydrogen) atoms. The number of hydrogen-bond acceptors (Lipinski definition) is 4. The maximum Gasteiger partial charge on any atom is 0.410 e. The molecule has 5 nitrogen and oxygen atoms in total. The molecule has 5 heteroatoms. The molecule has 1 N–H and O–H groups in total. The number of likely N-dealkylation sites (N-methyl/N-ethyl adjacent to an activating group) is 1. The van der Waals surface area contributed by atoms with Gasteiger partial charge in [-0.25, -0.2) is 4.79 Å². The number of aliphatic hydroxyl groups excluding tert-OH is 1. The lowest BCUT2D eigenvalue weighted by Gasteiger charge is -2.26. The van der Waals surface area contributed by atoms with Crippen LogP contribution in [0, 0.1) is 11.3 Å². The maximum atomic E-state index is 11.8. The van der Waals surface area contributed by atoms with E-state index in [-0.39, 0.29) is 6.54 Å². The Bertz CT molecular complexity index is 515. The molecule has 1 unspecified atom stereocenters. The third kappa shape index (κ3) is 4.90. The van der Waals surface area contributed by atoms with Crippen molar-refractivity contribution in [3.05, 3.63) is 35.4 Å². The van der Waals surface area contributed by atoms with Crippen LogP contribution in [0.25, 0.3) is 0 Å². The fourth-order valence-corrected chi connectivity index (χ4v) is 1.59. The summed E-state index contributed by atoms with van der Waals surface area (Å²) in [6, 6.07) is 8.69. The highest BCUT2D eigenvalue weighted by molar-refractivity contribution is 5.67. The first-order chi connectivity index (χ1) is 9.23. The van der Waals surface area contributed by atoms with E-state index in [9.17, 15) is 9.90 Å². The van der Waals surface area contributed by atoms with E-state index in [1.54, 1.807) is 52.1 Å². The fraction of sp³-hybridized carbons (Fsp3) is 0.467. The molecule has 0 radical (unpaired) electrons. The molecule has 0 aliphatic heterocycles. The normalized spacial score (nSPS) is 12.4. The molecule has 0 saturated carbocycles. The van der Waals surface area contributed by atoms with Crippen molar-refractivity contribution in [2.24, 2.45) is 0 Å². The summed E-state index contributed by atoms with van der Waals surface area (Å²) in [5.41, 5.74) is 0.498. The molecular formula is C15H20N2O3. The van der Waals surface area contributed by atoms with Crippen LogP contribution in [0.1, 0.15) is 38.0 Å². The summed E-state index contributed by atoms with van der Waals surface area (Å²) in [5.74, 6) is 0. The second-order valence-corrected chi connectivity index (χ2v) is 5.61. The van der Waals surface area contributed by atoms with E-state index >= 15 is 0 Å². The van der Waals surface area contributed by atoms with Crippen molar-refractivity contribution in [1.82, 2.24) is 4.90 Å². The van der Waals surface area contributed by atoms with Gasteiger partial charge in [-0.2, -0.15) is 5.26 Å². The van der Waals surface area contributed by atoms with Crippen molar-refractivity contribution in [2.75, 3.05) is 13.6 Å². The zero-order chi connectivity index (χ0) is 15.3. The van der Waals surface area contributed by atoms with E-state index in [0.717, 1.165) is 0 Å². The molecule has 0 aliphatic carbocycles. The third-order valence-electron chi connectivity index (χ3n) is 2.55. The Hall–Kier alpha value is -2.06. The number of hydrogen-bond donors (Lipinski definition) is 1. The van der Waals surface area contributed by atoms with Gasteiger partial charge in [-0.05, 0) is 38.5 Å². The number of ether oxygens (including phenoxy) is 1. The standard InChI is InChI=1S/C15H20N2O3/c1-15(2,3)20-14(19)17(4)10-13(18)12-7-5-6-11(8-12)9-16/h5-8,13,18H,10H2,1-4H3. The van der Waals surface area contributed by atoms with Gasteiger partial charge < -0.3 is 14.7 Å². The average molecular weight is 276 g/mol. The number of amides is 1. The number of nitrogens with zero attached hydrogens (tertiary/aromatic N) is 2. The highest BCUT2D eigenvalue weighted by Crippen LogP contribution is 2.16. The first kappa shape index (κ1) is 16.0. The van der Waals surface area contributed by atoms with Gasteiger partial charge in [0.15, 0.2) is 0 Å². The van der Waals surface area contributed by atoms with Crippen LogP contribution in [0.3, 0.4) is 0 Å². The van der Waals surface area contributed by atoms with E-state index < -0.39 is 17.8 Å². The molecule has 108 valence electrons. The summed E-state index contributed by atoms with van der Waals surface area (Å²) in [7, 11) is 1.56. The Balaban J connectivity index is 2.68. The number of carbonyl (C=O) groups is 1. The average Bonchev–Trinajstić information content (AvgIpc) is 2.36. The van der Waals surface area contributed by atoms with Crippen LogP contribution in [-0.2, 0) is 4.74 Å². The van der Waals surface area contributed by atoms with Gasteiger partial charge >= 0.3 is 6.09 Å². The van der Waals surface area contributed by atoms with Crippen LogP contribution in [-0.4, -0.2) is 35.3 Å². The van der Waals surface area contributed by atoms with Gasteiger partial charge in [-0.1, -0.05) is 12.1 Å². The Morgan fingerprint density at radius 2 is 2.15 bits per heavy atom. The molecule has 0 fully saturated rings. The van der Waals surface area contributed by atoms with Gasteiger partial charge in [0.25, 0.3) is 0 Å². The molecule has 1 rings (SSSR count). The largest absolute Gasteiger partial charge is 0.444 e. The Morgan fingerprint density at radius 3 is 2.70 bits per heavy atom. The van der Waals surface area contributed by atoms with Crippen molar-refractivity contribution in [1.29, 1.82) is 5.26 Å². The van der Waals surface area contributed by atoms with Crippen LogP contribution in [0.5, 0.6) is 0 Å². The minimum absolute atomic E-state index is 0.101. The van der Waals surface area contributed by atoms with Gasteiger partial charge in [0.05, 0.1) is 24.3 Å². The van der Waals surface area contributed by atoms with E-state index in [1.165, 1.54) is 4.90 Å². The Morgan fingerprint density at radius 1 is 1.50 bits per heavy atom. The number of benzene rings is 1. The summed E-state index contributed by atoms with van der Waals surface area (Å²) in [4.78, 5) is 13.1. The Kier molecular flexibility index (Phi) is 5.12. The highest BCUT2D eigenvalue weighted by atomic mass is 16.6. The summed E-state index contributed by atoms with van der Waals surface area (Å²) < 4.78 is 5.20. The second-order valence-electron chi connectivity index (χ2n) is 5.61. The number of aliphatic hydroxyl groups is 1. The summed E-state index contributed by atoms with van der Waals surface area (Å²) in [6.07, 6.45) is -1.35. The lowest BCUT2D eigenvalue weighted by Crippen LogP contribution is -2.36. The zero-order valence-electron chi connectivity index (χ0n) is 12.3. The van der Waals surface area contributed by atoms with Crippen molar-refractivity contribution in [2.45, 2.75) is 32.5 Å². The van der Waals surface area contributed by atoms with Crippen molar-refractivity contribution in [3.8, 4) is 6.07 Å². The molecule has 0 heterocycles. The number of carbonyl (C=O) groups excluding carboxylic acids is 1. The molecule has 1 aromatic rings. The highest BCUT2D eigenvalue weighted by Gasteiger charge is 2.21. The van der Waals surface area contributed by atoms with Crippen molar-refractivity contribution >= 4 is 6.09 Å². The van der Waals surface area contributed by atoms with Crippen LogP contribution in [0.4, 0.5) is 4.79 Å². The fourth-order valence-electron chi connectivity index (χ4n) is 1.59. The van der Waals surface area contributed by atoms with Crippen LogP contribution in [0.2, 0.25) is 0 Å². The number of nitriles is 1. The first-order valence-electron chi connectivity index (χ1n) is 6.35. The lowest BCUT2D eigenvalue weighted by atomic mass is 10.1. The van der Waals surface area contributed by atoms with Gasteiger partial charge in [0.2, 0.25) is 0 Å². The molecule has 1 amide bonds. The molecule has 0 spiro atoms. The summed E-state index contributed by atoms with van der Waals surface area (Å²) in [6.45, 7) is 5.45. The SMILES string of the molecule is CN(CC(O)c1cccc(C#N)c1)C(=O)OC(C)(C)C. The van der Waals surface area contributed by atoms with Gasteiger partial charge in [-0.15, -0.1) is 0 Å². The van der Waals surface area contributed by atoms with E-state index in [0.29, 0.717) is 11.1 Å². The molecular weight excluding hydrogens is 256 g/mol. The van der Waals surface area contributed by atoms with Gasteiger partial charge in [-0.3, -0.25) is 0 Å². The summed E-state index contributed by atoms with van der Waals surface area (Å²) >= 11 is 0. The van der Waals surface area contributed by atoms with Gasteiger partial charge in [0.1, 0.15) is 5.60 Å². The smallest absolute Gasteiger partial charge is 0.410 e. The third-order valence-corrected chi connectivity index (χ3v) is 2.55. The quantitative estimate of drug-likeness (QED) is 0.920. The van der Waals surface area contributed by atoms with E-state index in [1.807, 2.05) is 6.07 Å². The minimum atomic E-state index is -0.860. The van der Waals surface area contributed by atoms with Crippen LogP contribution >= 0.6 is 0 Å². The van der Waals surface area contributed by atoms with E-state index in [2.05, 4.69) is 0 Å². The molecule has 0 saturated heterocycles. The molecule has 0 aromatic heterocycles. The van der Waals surface area contributed by atoms with Crippen molar-refractivity contribution < 1.29 is 14.6 Å². The Labute approximate surface area is 119 Å². The second kappa shape index (κ2) is 6.40. The van der Waals surface area contributed by atoms with E-state index in [4.69, 9.17) is 10.00 Å². The molecule has 0 bridgehead atoms. The molecule has 0 aliphatic rings. The first-order valence-corrected chi connectivity index (χ1v) is 6.35. The molecule has 1 atom stereocenters. The van der Waals surface area contributed by atoms with Gasteiger partial charge in [0, 0.05) is 7.05 Å². The predicted molar refractivity (Wildman–Crippen MR) is 75.0 cm³/mol. The van der Waals surface area contributed by atoms with Crippen molar-refractivity contribution in [3.63, 3.8) is 0 Å². The maximum absolute atomic E-state index is 11.8. The zero-order valence-corrected chi connectivity index (χ0v) is 12.3. The number of rotatable bonds is 3. The van der Waals surface area contributed by atoms with Crippen LogP contribution < -0.4 is 0 Å². The van der Waals surface area contributed by atoms with Crippen LogP contribution in [0.15, 0.2) is 24.3 Å². The topological polar surface area (TPSA) is 73.6 Å². The summed E-state index contributed by atoms with van der Waals surface area (Å²) in [5, 5.41) is 18.9. The molecule has 1 aromatic carbocycles. The predicted octanol–water partition coefficient (Wildman–Crippen LogP) is 2.46.